The number of fused-ring (bicyclic) bond motifs is 1. The number of nitrogens with zero attached hydrogens (tertiary/aromatic N) is 3. The molecule has 2 aromatic rings. The maximum atomic E-state index is 13.2. The number of piperazine rings is 1. The van der Waals surface area contributed by atoms with E-state index < -0.39 is 29.7 Å². The van der Waals surface area contributed by atoms with Crippen molar-refractivity contribution in [3.63, 3.8) is 0 Å². The summed E-state index contributed by atoms with van der Waals surface area (Å²) in [5, 5.41) is 8.33. The Bertz CT molecular complexity index is 1720. The van der Waals surface area contributed by atoms with E-state index in [9.17, 15) is 24.0 Å². The summed E-state index contributed by atoms with van der Waals surface area (Å²) >= 11 is 0. The van der Waals surface area contributed by atoms with Gasteiger partial charge in [-0.1, -0.05) is 36.4 Å². The van der Waals surface area contributed by atoms with Gasteiger partial charge in [0, 0.05) is 70.9 Å². The van der Waals surface area contributed by atoms with Gasteiger partial charge < -0.3 is 48.5 Å². The number of carbonyl (C=O) groups excluding carboxylic acids is 5. The van der Waals surface area contributed by atoms with E-state index in [0.717, 1.165) is 44.2 Å². The van der Waals surface area contributed by atoms with Crippen LogP contribution in [0, 0.1) is 0 Å². The Kier molecular flexibility index (Phi) is 23.6. The zero-order chi connectivity index (χ0) is 45.0. The molecule has 0 bridgehead atoms. The third-order valence-corrected chi connectivity index (χ3v) is 10.6. The Balaban J connectivity index is 0.707. The summed E-state index contributed by atoms with van der Waals surface area (Å²) in [4.78, 5) is 68.0. The van der Waals surface area contributed by atoms with Crippen molar-refractivity contribution in [2.75, 3.05) is 157 Å². The van der Waals surface area contributed by atoms with Crippen LogP contribution >= 0.6 is 0 Å². The van der Waals surface area contributed by atoms with Gasteiger partial charge in [0.2, 0.25) is 17.7 Å². The van der Waals surface area contributed by atoms with E-state index >= 15 is 0 Å². The van der Waals surface area contributed by atoms with E-state index in [-0.39, 0.29) is 29.9 Å². The third kappa shape index (κ3) is 18.2. The Labute approximate surface area is 375 Å². The van der Waals surface area contributed by atoms with E-state index in [4.69, 9.17) is 37.9 Å². The first-order valence-electron chi connectivity index (χ1n) is 22.4. The van der Waals surface area contributed by atoms with Crippen molar-refractivity contribution in [3.05, 3.63) is 65.2 Å². The van der Waals surface area contributed by atoms with Gasteiger partial charge in [0.1, 0.15) is 6.04 Å². The number of ether oxygens (including phenoxy) is 8. The molecule has 2 fully saturated rings. The van der Waals surface area contributed by atoms with Gasteiger partial charge in [-0.15, -0.1) is 0 Å². The number of nitrogens with one attached hydrogen (secondary N) is 3. The second kappa shape index (κ2) is 29.9. The lowest BCUT2D eigenvalue weighted by Crippen LogP contribution is -2.54. The van der Waals surface area contributed by atoms with E-state index in [0.29, 0.717) is 131 Å². The highest BCUT2D eigenvalue weighted by atomic mass is 16.6. The highest BCUT2D eigenvalue weighted by Crippen LogP contribution is 2.32. The molecule has 2 aromatic carbocycles. The van der Waals surface area contributed by atoms with Crippen LogP contribution in [0.25, 0.3) is 0 Å². The average molecular weight is 899 g/mol. The summed E-state index contributed by atoms with van der Waals surface area (Å²) in [7, 11) is 0. The molecule has 3 N–H and O–H groups in total. The molecule has 0 spiro atoms. The van der Waals surface area contributed by atoms with Gasteiger partial charge in [-0.3, -0.25) is 44.0 Å². The van der Waals surface area contributed by atoms with Gasteiger partial charge in [-0.25, -0.2) is 0 Å². The molecule has 19 heteroatoms. The highest BCUT2D eigenvalue weighted by Gasteiger charge is 2.45. The summed E-state index contributed by atoms with van der Waals surface area (Å²) in [6.07, 6.45) is 0.498. The monoisotopic (exact) mass is 898 g/mol. The highest BCUT2D eigenvalue weighted by molar-refractivity contribution is 6.25. The summed E-state index contributed by atoms with van der Waals surface area (Å²) in [6.45, 7) is 13.7. The van der Waals surface area contributed by atoms with Crippen molar-refractivity contribution < 1.29 is 61.9 Å². The fourth-order valence-electron chi connectivity index (χ4n) is 7.18. The van der Waals surface area contributed by atoms with Crippen LogP contribution in [0.5, 0.6) is 0 Å². The molecule has 0 saturated carbocycles. The van der Waals surface area contributed by atoms with E-state index in [1.54, 1.807) is 18.2 Å². The molecule has 1 unspecified atom stereocenters. The minimum absolute atomic E-state index is 0.00361. The summed E-state index contributed by atoms with van der Waals surface area (Å²) in [6, 6.07) is 14.5. The van der Waals surface area contributed by atoms with Crippen molar-refractivity contribution in [2.45, 2.75) is 31.8 Å². The number of amides is 5. The van der Waals surface area contributed by atoms with Crippen LogP contribution in [0.4, 0.5) is 5.69 Å². The number of imide groups is 2. The molecule has 0 aromatic heterocycles. The van der Waals surface area contributed by atoms with Crippen LogP contribution in [-0.2, 0) is 58.8 Å². The zero-order valence-corrected chi connectivity index (χ0v) is 36.9. The lowest BCUT2D eigenvalue weighted by atomic mass is 10.0. The lowest BCUT2D eigenvalue weighted by Gasteiger charge is -2.34. The number of hydrogen-bond donors (Lipinski definition) is 3. The smallest absolute Gasteiger partial charge is 0.264 e. The molecule has 0 radical (unpaired) electrons. The molecule has 2 saturated heterocycles. The molecular weight excluding hydrogens is 833 g/mol. The van der Waals surface area contributed by atoms with Crippen LogP contribution in [0.2, 0.25) is 0 Å². The number of anilines is 1. The molecule has 3 heterocycles. The largest absolute Gasteiger partial charge is 0.382 e. The Hall–Kier alpha value is -4.41. The van der Waals surface area contributed by atoms with Gasteiger partial charge >= 0.3 is 0 Å². The number of rotatable bonds is 34. The first-order valence-corrected chi connectivity index (χ1v) is 22.4. The van der Waals surface area contributed by atoms with Crippen molar-refractivity contribution in [2.24, 2.45) is 0 Å². The molecule has 3 aliphatic rings. The van der Waals surface area contributed by atoms with Gasteiger partial charge in [0.05, 0.1) is 117 Å². The maximum absolute atomic E-state index is 13.2. The first-order chi connectivity index (χ1) is 31.4. The topological polar surface area (TPSA) is 205 Å². The Morgan fingerprint density at radius 2 is 1.12 bits per heavy atom. The quantitative estimate of drug-likeness (QED) is 0.0661. The van der Waals surface area contributed by atoms with Gasteiger partial charge in [-0.05, 0) is 24.1 Å². The number of carbonyl (C=O) groups is 5. The van der Waals surface area contributed by atoms with Crippen LogP contribution in [-0.4, -0.2) is 202 Å². The third-order valence-electron chi connectivity index (χ3n) is 10.6. The van der Waals surface area contributed by atoms with E-state index in [1.165, 1.54) is 5.56 Å². The van der Waals surface area contributed by atoms with E-state index in [2.05, 4.69) is 50.0 Å². The fraction of sp³-hybridized carbons (Fsp3) is 0.622. The van der Waals surface area contributed by atoms with Crippen molar-refractivity contribution in [1.82, 2.24) is 25.3 Å². The molecule has 354 valence electrons. The summed E-state index contributed by atoms with van der Waals surface area (Å²) in [5.41, 5.74) is 2.25. The molecule has 64 heavy (non-hydrogen) atoms. The second-order valence-electron chi connectivity index (χ2n) is 15.2. The minimum Gasteiger partial charge on any atom is -0.382 e. The van der Waals surface area contributed by atoms with Crippen molar-refractivity contribution >= 4 is 35.2 Å². The van der Waals surface area contributed by atoms with Crippen molar-refractivity contribution in [1.29, 1.82) is 0 Å². The maximum Gasteiger partial charge on any atom is 0.264 e. The fourth-order valence-corrected chi connectivity index (χ4v) is 7.18. The number of benzene rings is 2. The van der Waals surface area contributed by atoms with Crippen LogP contribution in [0.3, 0.4) is 0 Å². The first kappa shape index (κ1) is 50.6. The number of hydrogen-bond acceptors (Lipinski definition) is 16. The summed E-state index contributed by atoms with van der Waals surface area (Å²) < 4.78 is 44.3. The van der Waals surface area contributed by atoms with Crippen LogP contribution < -0.4 is 16.0 Å². The lowest BCUT2D eigenvalue weighted by molar-refractivity contribution is -0.136. The molecular formula is C45H66N6O13. The number of piperidine rings is 1. The molecule has 3 aliphatic heterocycles. The zero-order valence-electron chi connectivity index (χ0n) is 36.9. The predicted molar refractivity (Wildman–Crippen MR) is 234 cm³/mol. The van der Waals surface area contributed by atoms with E-state index in [1.807, 2.05) is 6.07 Å². The average Bonchev–Trinajstić information content (AvgIpc) is 3.55. The molecule has 0 aliphatic carbocycles. The molecule has 5 amide bonds. The predicted octanol–water partition coefficient (Wildman–Crippen LogP) is 0.957. The second-order valence-corrected chi connectivity index (χ2v) is 15.2. The van der Waals surface area contributed by atoms with Crippen LogP contribution in [0.15, 0.2) is 48.5 Å². The molecule has 19 nitrogen and oxygen atoms in total. The Morgan fingerprint density at radius 1 is 0.594 bits per heavy atom. The molecule has 5 rings (SSSR count). The van der Waals surface area contributed by atoms with Crippen molar-refractivity contribution in [3.8, 4) is 0 Å². The Morgan fingerprint density at radius 3 is 1.69 bits per heavy atom. The van der Waals surface area contributed by atoms with Gasteiger partial charge in [0.15, 0.2) is 0 Å². The SMILES string of the molecule is O=C(CCOCCOCCOCCOCCOCCOCCOCCOCCNc1cccc2c1C(=O)N(C1CCC(=O)NC1=O)C2=O)NCCN1CCN(Cc2ccccc2)CC1. The van der Waals surface area contributed by atoms with Gasteiger partial charge in [0.25, 0.3) is 11.8 Å². The standard InChI is InChI=1S/C45H66N6O13/c52-40(47-12-14-49-15-17-50(18-16-49)35-36-5-2-1-3-6-36)11-19-57-21-23-59-25-27-61-29-31-63-33-34-64-32-30-62-28-26-60-24-22-58-20-13-46-38-8-4-7-37-42(38)45(56)51(44(37)55)39-9-10-41(53)48-43(39)54/h1-8,39,46H,9-35H2,(H,47,52)(H,48,53,54). The van der Waals surface area contributed by atoms with Gasteiger partial charge in [-0.2, -0.15) is 0 Å². The minimum atomic E-state index is -1.01. The molecule has 1 atom stereocenters. The normalized spacial score (nSPS) is 16.9. The van der Waals surface area contributed by atoms with Crippen LogP contribution in [0.1, 0.15) is 45.5 Å². The summed E-state index contributed by atoms with van der Waals surface area (Å²) in [5.74, 6) is -2.17.